The van der Waals surface area contributed by atoms with Gasteiger partial charge in [-0.2, -0.15) is 5.26 Å². The van der Waals surface area contributed by atoms with Gasteiger partial charge in [0.05, 0.1) is 0 Å². The number of ether oxygens (including phenoxy) is 1. The molecular formula is C17H13FN4O2. The summed E-state index contributed by atoms with van der Waals surface area (Å²) in [6.07, 6.45) is 4.01. The summed E-state index contributed by atoms with van der Waals surface area (Å²) >= 11 is 0. The number of nitrogens with zero attached hydrogens (tertiary/aromatic N) is 3. The van der Waals surface area contributed by atoms with Gasteiger partial charge < -0.3 is 10.1 Å². The minimum Gasteiger partial charge on any atom is -0.458 e. The summed E-state index contributed by atoms with van der Waals surface area (Å²) < 4.78 is 18.9. The van der Waals surface area contributed by atoms with Crippen molar-refractivity contribution >= 4 is 11.6 Å². The molecule has 1 amide bonds. The number of nitriles is 1. The maximum absolute atomic E-state index is 13.1. The zero-order valence-electron chi connectivity index (χ0n) is 12.6. The molecule has 0 saturated carbocycles. The third-order valence-electron chi connectivity index (χ3n) is 4.35. The minimum atomic E-state index is -1.06. The van der Waals surface area contributed by atoms with Gasteiger partial charge in [0.25, 0.3) is 5.91 Å². The van der Waals surface area contributed by atoms with Crippen LogP contribution in [0.2, 0.25) is 0 Å². The van der Waals surface area contributed by atoms with E-state index in [1.807, 2.05) is 6.19 Å². The molecule has 1 aromatic carbocycles. The number of hydrogen-bond acceptors (Lipinski definition) is 5. The van der Waals surface area contributed by atoms with Crippen molar-refractivity contribution in [3.8, 4) is 23.2 Å². The molecule has 24 heavy (non-hydrogen) atoms. The lowest BCUT2D eigenvalue weighted by molar-refractivity contribution is -0.133. The highest BCUT2D eigenvalue weighted by atomic mass is 19.1. The van der Waals surface area contributed by atoms with E-state index in [1.54, 1.807) is 24.4 Å². The van der Waals surface area contributed by atoms with Crippen LogP contribution in [0.5, 0.6) is 5.88 Å². The van der Waals surface area contributed by atoms with Crippen molar-refractivity contribution in [2.45, 2.75) is 12.0 Å². The number of rotatable bonds is 1. The van der Waals surface area contributed by atoms with Gasteiger partial charge in [0.1, 0.15) is 11.5 Å². The van der Waals surface area contributed by atoms with E-state index in [2.05, 4.69) is 10.3 Å². The lowest BCUT2D eigenvalue weighted by atomic mass is 9.98. The quantitative estimate of drug-likeness (QED) is 0.810. The van der Waals surface area contributed by atoms with Gasteiger partial charge in [-0.25, -0.2) is 14.3 Å². The lowest BCUT2D eigenvalue weighted by Gasteiger charge is -2.36. The second kappa shape index (κ2) is 5.28. The first-order valence-corrected chi connectivity index (χ1v) is 7.53. The van der Waals surface area contributed by atoms with E-state index in [1.165, 1.54) is 12.1 Å². The molecule has 6 nitrogen and oxygen atoms in total. The van der Waals surface area contributed by atoms with E-state index in [0.29, 0.717) is 30.8 Å². The summed E-state index contributed by atoms with van der Waals surface area (Å²) in [7, 11) is 0. The van der Waals surface area contributed by atoms with Crippen LogP contribution in [0.3, 0.4) is 0 Å². The summed E-state index contributed by atoms with van der Waals surface area (Å²) in [5.41, 5.74) is 0.653. The number of nitrogens with one attached hydrogen (secondary N) is 1. The van der Waals surface area contributed by atoms with Gasteiger partial charge in [-0.05, 0) is 30.3 Å². The zero-order chi connectivity index (χ0) is 16.7. The molecule has 1 fully saturated rings. The van der Waals surface area contributed by atoms with Crippen molar-refractivity contribution in [1.82, 2.24) is 10.3 Å². The first kappa shape index (κ1) is 14.6. The molecule has 3 heterocycles. The van der Waals surface area contributed by atoms with Crippen LogP contribution in [-0.4, -0.2) is 29.6 Å². The van der Waals surface area contributed by atoms with Gasteiger partial charge >= 0.3 is 0 Å². The molecule has 1 spiro atoms. The van der Waals surface area contributed by atoms with Gasteiger partial charge in [-0.3, -0.25) is 4.79 Å². The highest BCUT2D eigenvalue weighted by Gasteiger charge is 2.51. The Morgan fingerprint density at radius 2 is 2.12 bits per heavy atom. The number of halogens is 1. The Labute approximate surface area is 137 Å². The topological polar surface area (TPSA) is 78.2 Å². The molecule has 1 N–H and O–H groups in total. The van der Waals surface area contributed by atoms with Crippen LogP contribution >= 0.6 is 0 Å². The van der Waals surface area contributed by atoms with Crippen LogP contribution in [0, 0.1) is 17.3 Å². The monoisotopic (exact) mass is 324 g/mol. The fraction of sp³-hybridized carbons (Fsp3) is 0.235. The van der Waals surface area contributed by atoms with Gasteiger partial charge in [0.15, 0.2) is 6.19 Å². The first-order valence-electron chi connectivity index (χ1n) is 7.53. The van der Waals surface area contributed by atoms with E-state index in [9.17, 15) is 14.4 Å². The Bertz CT molecular complexity index is 854. The maximum Gasteiger partial charge on any atom is 0.286 e. The van der Waals surface area contributed by atoms with Gasteiger partial charge in [0, 0.05) is 24.7 Å². The normalized spacial score (nSPS) is 22.2. The number of hydrogen-bond donors (Lipinski definition) is 1. The summed E-state index contributed by atoms with van der Waals surface area (Å²) in [5.74, 6) is -0.469. The Morgan fingerprint density at radius 1 is 1.33 bits per heavy atom. The van der Waals surface area contributed by atoms with Crippen LogP contribution in [0.25, 0.3) is 11.1 Å². The molecule has 2 aromatic rings. The first-order chi connectivity index (χ1) is 11.6. The maximum atomic E-state index is 13.1. The van der Waals surface area contributed by atoms with Crippen molar-refractivity contribution in [2.75, 3.05) is 18.0 Å². The van der Waals surface area contributed by atoms with Crippen molar-refractivity contribution < 1.29 is 13.9 Å². The average molecular weight is 324 g/mol. The summed E-state index contributed by atoms with van der Waals surface area (Å²) in [6.45, 7) is 0.999. The van der Waals surface area contributed by atoms with Crippen LogP contribution < -0.4 is 15.0 Å². The molecule has 0 aliphatic carbocycles. The van der Waals surface area contributed by atoms with Crippen LogP contribution in [0.1, 0.15) is 6.42 Å². The molecule has 1 unspecified atom stereocenters. The molecule has 7 heteroatoms. The van der Waals surface area contributed by atoms with Gasteiger partial charge in [0.2, 0.25) is 11.5 Å². The number of carbonyl (C=O) groups excluding carboxylic acids is 1. The Kier molecular flexibility index (Phi) is 3.22. The third kappa shape index (κ3) is 2.12. The standard InChI is InChI=1S/C17H13FN4O2/c18-13-3-1-11(2-4-13)12-7-14-15(21-8-12)24-17(5-6-20-9-17)16(23)22(14)10-19/h1-4,7-8,20H,5-6,9H2. The number of carbonyl (C=O) groups is 1. The van der Waals surface area contributed by atoms with Gasteiger partial charge in [-0.15, -0.1) is 0 Å². The van der Waals surface area contributed by atoms with Crippen molar-refractivity contribution in [3.05, 3.63) is 42.3 Å². The second-order valence-electron chi connectivity index (χ2n) is 5.82. The number of anilines is 1. The van der Waals surface area contributed by atoms with Crippen LogP contribution in [-0.2, 0) is 4.79 Å². The Hall–Kier alpha value is -2.98. The minimum absolute atomic E-state index is 0.255. The molecule has 2 aliphatic heterocycles. The SMILES string of the molecule is N#CN1C(=O)C2(CCNC2)Oc2ncc(-c3ccc(F)cc3)cc21. The van der Waals surface area contributed by atoms with Crippen LogP contribution in [0.4, 0.5) is 10.1 Å². The number of pyridine rings is 1. The predicted octanol–water partition coefficient (Wildman–Crippen LogP) is 1.83. The largest absolute Gasteiger partial charge is 0.458 e. The number of amides is 1. The fourth-order valence-electron chi connectivity index (χ4n) is 3.06. The van der Waals surface area contributed by atoms with Crippen molar-refractivity contribution in [2.24, 2.45) is 0 Å². The Balaban J connectivity index is 1.79. The number of benzene rings is 1. The van der Waals surface area contributed by atoms with E-state index < -0.39 is 5.60 Å². The van der Waals surface area contributed by atoms with Gasteiger partial charge in [-0.1, -0.05) is 12.1 Å². The van der Waals surface area contributed by atoms with E-state index in [-0.39, 0.29) is 17.6 Å². The smallest absolute Gasteiger partial charge is 0.286 e. The molecule has 0 radical (unpaired) electrons. The van der Waals surface area contributed by atoms with Crippen molar-refractivity contribution in [1.29, 1.82) is 5.26 Å². The summed E-state index contributed by atoms with van der Waals surface area (Å²) in [6, 6.07) is 7.58. The fourth-order valence-corrected chi connectivity index (χ4v) is 3.06. The lowest BCUT2D eigenvalue weighted by Crippen LogP contribution is -2.56. The molecule has 120 valence electrons. The summed E-state index contributed by atoms with van der Waals surface area (Å²) in [5, 5.41) is 12.5. The second-order valence-corrected chi connectivity index (χ2v) is 5.82. The Morgan fingerprint density at radius 3 is 2.79 bits per heavy atom. The molecule has 1 aromatic heterocycles. The van der Waals surface area contributed by atoms with E-state index in [4.69, 9.17) is 4.74 Å². The van der Waals surface area contributed by atoms with E-state index >= 15 is 0 Å². The van der Waals surface area contributed by atoms with Crippen LogP contribution in [0.15, 0.2) is 36.5 Å². The molecule has 4 rings (SSSR count). The molecule has 1 atom stereocenters. The predicted molar refractivity (Wildman–Crippen MR) is 83.6 cm³/mol. The highest BCUT2D eigenvalue weighted by Crippen LogP contribution is 2.40. The van der Waals surface area contributed by atoms with Crippen molar-refractivity contribution in [3.63, 3.8) is 0 Å². The number of fused-ring (bicyclic) bond motifs is 1. The third-order valence-corrected chi connectivity index (χ3v) is 4.35. The molecular weight excluding hydrogens is 311 g/mol. The highest BCUT2D eigenvalue weighted by molar-refractivity contribution is 6.05. The average Bonchev–Trinajstić information content (AvgIpc) is 3.06. The molecule has 0 bridgehead atoms. The molecule has 1 saturated heterocycles. The zero-order valence-corrected chi connectivity index (χ0v) is 12.6. The number of aromatic nitrogens is 1. The molecule has 2 aliphatic rings. The summed E-state index contributed by atoms with van der Waals surface area (Å²) in [4.78, 5) is 18.0. The van der Waals surface area contributed by atoms with E-state index in [0.717, 1.165) is 10.5 Å².